The molecule has 0 saturated carbocycles. The molecule has 41 heavy (non-hydrogen) atoms. The summed E-state index contributed by atoms with van der Waals surface area (Å²) in [6.07, 6.45) is 1.03. The van der Waals surface area contributed by atoms with Crippen molar-refractivity contribution in [2.24, 2.45) is 0 Å². The lowest BCUT2D eigenvalue weighted by atomic mass is 9.99. The SMILES string of the molecule is COC(=O)c1ccc2c(c1)NC(=O)/C2=C(/Nc1ccc(N(C)C(=O)CN(C)C)c(NS(C)(=O)=O)c1)c1ccccc1. The first-order valence-corrected chi connectivity index (χ1v) is 14.4. The van der Waals surface area contributed by atoms with Gasteiger partial charge >= 0.3 is 5.97 Å². The number of ether oxygens (including phenoxy) is 1. The Morgan fingerprint density at radius 1 is 0.951 bits per heavy atom. The van der Waals surface area contributed by atoms with Gasteiger partial charge in [-0.1, -0.05) is 36.4 Å². The maximum Gasteiger partial charge on any atom is 0.337 e. The van der Waals surface area contributed by atoms with Gasteiger partial charge in [0.15, 0.2) is 0 Å². The van der Waals surface area contributed by atoms with Gasteiger partial charge in [-0.15, -0.1) is 0 Å². The van der Waals surface area contributed by atoms with Crippen molar-refractivity contribution in [3.05, 3.63) is 83.4 Å². The molecule has 3 aromatic rings. The Morgan fingerprint density at radius 3 is 2.29 bits per heavy atom. The third-order valence-corrected chi connectivity index (χ3v) is 6.84. The van der Waals surface area contributed by atoms with E-state index in [4.69, 9.17) is 4.74 Å². The molecule has 0 radical (unpaired) electrons. The van der Waals surface area contributed by atoms with Crippen molar-refractivity contribution >= 4 is 61.8 Å². The summed E-state index contributed by atoms with van der Waals surface area (Å²) in [5.74, 6) is -1.14. The molecule has 0 aromatic heterocycles. The second-order valence-electron chi connectivity index (χ2n) is 9.74. The molecule has 3 aromatic carbocycles. The second-order valence-corrected chi connectivity index (χ2v) is 11.5. The highest BCUT2D eigenvalue weighted by Gasteiger charge is 2.29. The van der Waals surface area contributed by atoms with Crippen molar-refractivity contribution in [3.63, 3.8) is 0 Å². The summed E-state index contributed by atoms with van der Waals surface area (Å²) in [6, 6.07) is 18.9. The first-order chi connectivity index (χ1) is 19.4. The summed E-state index contributed by atoms with van der Waals surface area (Å²) < 4.78 is 31.7. The van der Waals surface area contributed by atoms with Gasteiger partial charge in [-0.25, -0.2) is 13.2 Å². The third-order valence-electron chi connectivity index (χ3n) is 6.25. The molecule has 0 bridgehead atoms. The van der Waals surface area contributed by atoms with Gasteiger partial charge in [-0.05, 0) is 50.0 Å². The molecule has 1 heterocycles. The van der Waals surface area contributed by atoms with E-state index in [1.165, 1.54) is 12.0 Å². The fraction of sp³-hybridized carbons (Fsp3) is 0.207. The number of carbonyl (C=O) groups excluding carboxylic acids is 3. The van der Waals surface area contributed by atoms with E-state index in [-0.39, 0.29) is 24.0 Å². The van der Waals surface area contributed by atoms with Crippen LogP contribution in [-0.4, -0.2) is 72.2 Å². The number of fused-ring (bicyclic) bond motifs is 1. The Labute approximate surface area is 238 Å². The topological polar surface area (TPSA) is 137 Å². The number of nitrogens with zero attached hydrogens (tertiary/aromatic N) is 2. The van der Waals surface area contributed by atoms with Crippen LogP contribution in [0.2, 0.25) is 0 Å². The fourth-order valence-electron chi connectivity index (χ4n) is 4.39. The van der Waals surface area contributed by atoms with Crippen LogP contribution in [0.25, 0.3) is 11.3 Å². The Hall–Kier alpha value is -4.68. The van der Waals surface area contributed by atoms with E-state index >= 15 is 0 Å². The van der Waals surface area contributed by atoms with Crippen LogP contribution in [0.1, 0.15) is 21.5 Å². The number of benzene rings is 3. The first-order valence-electron chi connectivity index (χ1n) is 12.5. The number of sulfonamides is 1. The van der Waals surface area contributed by atoms with Crippen molar-refractivity contribution in [3.8, 4) is 0 Å². The number of rotatable bonds is 9. The predicted octanol–water partition coefficient (Wildman–Crippen LogP) is 3.30. The lowest BCUT2D eigenvalue weighted by Crippen LogP contribution is -2.35. The summed E-state index contributed by atoms with van der Waals surface area (Å²) >= 11 is 0. The number of methoxy groups -OCH3 is 1. The molecular formula is C29H31N5O6S. The summed E-state index contributed by atoms with van der Waals surface area (Å²) in [6.45, 7) is 0.130. The molecule has 0 unspecified atom stereocenters. The fourth-order valence-corrected chi connectivity index (χ4v) is 4.96. The van der Waals surface area contributed by atoms with Crippen LogP contribution in [0.5, 0.6) is 0 Å². The van der Waals surface area contributed by atoms with E-state index in [1.807, 2.05) is 30.3 Å². The standard InChI is InChI=1S/C29H31N5O6S/c1-33(2)17-25(35)34(3)24-14-12-20(16-23(24)32-41(5,38)39)30-27(18-9-7-6-8-10-18)26-21-13-11-19(29(37)40-4)15-22(21)31-28(26)36/h6-16,30,32H,17H2,1-5H3,(H,31,36)/b27-26+. The van der Waals surface area contributed by atoms with E-state index < -0.39 is 16.0 Å². The molecule has 3 N–H and O–H groups in total. The number of hydrogen-bond acceptors (Lipinski definition) is 8. The second kappa shape index (κ2) is 11.8. The third kappa shape index (κ3) is 6.73. The van der Waals surface area contributed by atoms with Gasteiger partial charge in [0, 0.05) is 18.3 Å². The summed E-state index contributed by atoms with van der Waals surface area (Å²) in [7, 11) is 2.69. The molecule has 12 heteroatoms. The largest absolute Gasteiger partial charge is 0.465 e. The predicted molar refractivity (Wildman–Crippen MR) is 160 cm³/mol. The minimum atomic E-state index is -3.70. The van der Waals surface area contributed by atoms with Crippen LogP contribution in [0, 0.1) is 0 Å². The maximum absolute atomic E-state index is 13.3. The number of hydrogen-bond donors (Lipinski definition) is 3. The molecule has 1 aliphatic heterocycles. The molecule has 11 nitrogen and oxygen atoms in total. The molecule has 2 amide bonds. The van der Waals surface area contributed by atoms with Crippen molar-refractivity contribution in [2.45, 2.75) is 0 Å². The molecular weight excluding hydrogens is 546 g/mol. The van der Waals surface area contributed by atoms with Crippen molar-refractivity contribution in [1.82, 2.24) is 4.90 Å². The number of esters is 1. The Bertz CT molecular complexity index is 1650. The normalized spacial score (nSPS) is 13.8. The molecule has 0 saturated heterocycles. The van der Waals surface area contributed by atoms with Crippen molar-refractivity contribution in [2.75, 3.05) is 61.3 Å². The van der Waals surface area contributed by atoms with Crippen LogP contribution in [0.4, 0.5) is 22.7 Å². The molecule has 0 fully saturated rings. The van der Waals surface area contributed by atoms with Gasteiger partial charge in [-0.2, -0.15) is 0 Å². The van der Waals surface area contributed by atoms with Crippen LogP contribution in [0.3, 0.4) is 0 Å². The highest BCUT2D eigenvalue weighted by Crippen LogP contribution is 2.39. The maximum atomic E-state index is 13.3. The minimum absolute atomic E-state index is 0.130. The summed E-state index contributed by atoms with van der Waals surface area (Å²) in [4.78, 5) is 41.2. The zero-order chi connectivity index (χ0) is 29.9. The highest BCUT2D eigenvalue weighted by molar-refractivity contribution is 7.92. The zero-order valence-electron chi connectivity index (χ0n) is 23.3. The van der Waals surface area contributed by atoms with E-state index in [0.717, 1.165) is 6.26 Å². The molecule has 0 aliphatic carbocycles. The van der Waals surface area contributed by atoms with E-state index in [9.17, 15) is 22.8 Å². The molecule has 0 atom stereocenters. The van der Waals surface area contributed by atoms with Gasteiger partial charge in [0.2, 0.25) is 15.9 Å². The average Bonchev–Trinajstić information content (AvgIpc) is 3.24. The van der Waals surface area contributed by atoms with Gasteiger partial charge < -0.3 is 25.2 Å². The summed E-state index contributed by atoms with van der Waals surface area (Å²) in [5, 5.41) is 6.10. The quantitative estimate of drug-likeness (QED) is 0.260. The zero-order valence-corrected chi connectivity index (χ0v) is 24.1. The van der Waals surface area contributed by atoms with E-state index in [1.54, 1.807) is 62.4 Å². The number of nitrogens with one attached hydrogen (secondary N) is 3. The van der Waals surface area contributed by atoms with Gasteiger partial charge in [0.1, 0.15) is 0 Å². The molecule has 0 spiro atoms. The number of anilines is 4. The Balaban J connectivity index is 1.83. The van der Waals surface area contributed by atoms with Crippen LogP contribution in [-0.2, 0) is 24.3 Å². The van der Waals surface area contributed by atoms with E-state index in [0.29, 0.717) is 45.0 Å². The van der Waals surface area contributed by atoms with Gasteiger partial charge in [-0.3, -0.25) is 14.3 Å². The Morgan fingerprint density at radius 2 is 1.66 bits per heavy atom. The monoisotopic (exact) mass is 577 g/mol. The van der Waals surface area contributed by atoms with Crippen LogP contribution >= 0.6 is 0 Å². The van der Waals surface area contributed by atoms with Crippen LogP contribution in [0.15, 0.2) is 66.7 Å². The highest BCUT2D eigenvalue weighted by atomic mass is 32.2. The summed E-state index contributed by atoms with van der Waals surface area (Å²) in [5.41, 5.74) is 3.83. The van der Waals surface area contributed by atoms with Gasteiger partial charge in [0.25, 0.3) is 5.91 Å². The van der Waals surface area contributed by atoms with Gasteiger partial charge in [0.05, 0.1) is 53.8 Å². The number of likely N-dealkylation sites (N-methyl/N-ethyl adjacent to an activating group) is 2. The van der Waals surface area contributed by atoms with E-state index in [2.05, 4.69) is 15.4 Å². The smallest absolute Gasteiger partial charge is 0.337 e. The van der Waals surface area contributed by atoms with Crippen molar-refractivity contribution < 1.29 is 27.5 Å². The first kappa shape index (κ1) is 29.3. The van der Waals surface area contributed by atoms with Crippen LogP contribution < -0.4 is 20.3 Å². The average molecular weight is 578 g/mol. The molecule has 1 aliphatic rings. The number of amides is 2. The molecule has 4 rings (SSSR count). The Kier molecular flexibility index (Phi) is 8.45. The molecule has 214 valence electrons. The minimum Gasteiger partial charge on any atom is -0.465 e. The lowest BCUT2D eigenvalue weighted by Gasteiger charge is -2.24. The lowest BCUT2D eigenvalue weighted by molar-refractivity contribution is -0.119. The van der Waals surface area contributed by atoms with Crippen molar-refractivity contribution in [1.29, 1.82) is 0 Å². The number of carbonyl (C=O) groups is 3.